The third kappa shape index (κ3) is 2.94. The number of benzene rings is 1. The fourth-order valence-corrected chi connectivity index (χ4v) is 2.59. The summed E-state index contributed by atoms with van der Waals surface area (Å²) < 4.78 is 12.8. The first kappa shape index (κ1) is 13.7. The average molecular weight is 288 g/mol. The second-order valence-corrected chi connectivity index (χ2v) is 5.10. The van der Waals surface area contributed by atoms with Crippen LogP contribution >= 0.6 is 0 Å². The van der Waals surface area contributed by atoms with Crippen LogP contribution in [0.3, 0.4) is 0 Å². The quantitative estimate of drug-likeness (QED) is 0.914. The Labute approximate surface area is 124 Å². The maximum atomic E-state index is 5.27. The Hall–Kier alpha value is -2.24. The van der Waals surface area contributed by atoms with E-state index in [-0.39, 0.29) is 0 Å². The number of hydrogen-bond donors (Lipinski definition) is 1. The molecule has 1 aromatic heterocycles. The van der Waals surface area contributed by atoms with Crippen molar-refractivity contribution >= 4 is 5.69 Å². The lowest BCUT2D eigenvalue weighted by Gasteiger charge is -2.15. The molecule has 0 radical (unpaired) electrons. The average Bonchev–Trinajstić information content (AvgIpc) is 2.95. The van der Waals surface area contributed by atoms with E-state index in [0.29, 0.717) is 6.54 Å². The van der Waals surface area contributed by atoms with E-state index in [1.165, 1.54) is 12.8 Å². The van der Waals surface area contributed by atoms with Gasteiger partial charge in [0, 0.05) is 36.9 Å². The number of fused-ring (bicyclic) bond motifs is 1. The fraction of sp³-hybridized carbons (Fsp3) is 0.467. The van der Waals surface area contributed by atoms with Gasteiger partial charge < -0.3 is 19.4 Å². The van der Waals surface area contributed by atoms with Crippen molar-refractivity contribution in [2.45, 2.75) is 32.4 Å². The molecule has 1 aromatic carbocycles. The lowest BCUT2D eigenvalue weighted by molar-refractivity contribution is 0.394. The highest BCUT2D eigenvalue weighted by atomic mass is 16.5. The van der Waals surface area contributed by atoms with Crippen LogP contribution in [0.15, 0.2) is 18.2 Å². The number of nitrogens with one attached hydrogen (secondary N) is 1. The lowest BCUT2D eigenvalue weighted by Crippen LogP contribution is -2.15. The minimum Gasteiger partial charge on any atom is -0.497 e. The highest BCUT2D eigenvalue weighted by Crippen LogP contribution is 2.26. The van der Waals surface area contributed by atoms with Crippen LogP contribution in [-0.4, -0.2) is 29.0 Å². The van der Waals surface area contributed by atoms with Crippen molar-refractivity contribution in [3.8, 4) is 11.5 Å². The molecule has 6 heteroatoms. The number of aromatic nitrogens is 3. The first-order chi connectivity index (χ1) is 10.3. The summed E-state index contributed by atoms with van der Waals surface area (Å²) in [5.41, 5.74) is 0.944. The third-order valence-corrected chi connectivity index (χ3v) is 3.74. The second-order valence-electron chi connectivity index (χ2n) is 5.10. The van der Waals surface area contributed by atoms with E-state index in [1.54, 1.807) is 14.2 Å². The zero-order valence-corrected chi connectivity index (χ0v) is 12.4. The molecule has 1 N–H and O–H groups in total. The monoisotopic (exact) mass is 288 g/mol. The van der Waals surface area contributed by atoms with E-state index < -0.39 is 0 Å². The first-order valence-electron chi connectivity index (χ1n) is 7.18. The molecule has 21 heavy (non-hydrogen) atoms. The van der Waals surface area contributed by atoms with E-state index in [9.17, 15) is 0 Å². The molecule has 2 aromatic rings. The summed E-state index contributed by atoms with van der Waals surface area (Å²) in [4.78, 5) is 0. The summed E-state index contributed by atoms with van der Waals surface area (Å²) in [7, 11) is 3.29. The van der Waals surface area contributed by atoms with Gasteiger partial charge >= 0.3 is 0 Å². The molecule has 3 rings (SSSR count). The van der Waals surface area contributed by atoms with E-state index in [2.05, 4.69) is 20.1 Å². The standard InChI is InChI=1S/C15H20N4O2/c1-20-12-7-11(8-13(9-12)21-2)16-10-15-18-17-14-5-3-4-6-19(14)15/h7-9,16H,3-6,10H2,1-2H3. The van der Waals surface area contributed by atoms with Crippen LogP contribution in [0.1, 0.15) is 24.5 Å². The van der Waals surface area contributed by atoms with E-state index >= 15 is 0 Å². The van der Waals surface area contributed by atoms with Crippen LogP contribution in [0.25, 0.3) is 0 Å². The number of anilines is 1. The Balaban J connectivity index is 1.74. The summed E-state index contributed by atoms with van der Waals surface area (Å²) in [5, 5.41) is 11.9. The minimum atomic E-state index is 0.642. The highest BCUT2D eigenvalue weighted by molar-refractivity contribution is 5.53. The number of nitrogens with zero attached hydrogens (tertiary/aromatic N) is 3. The maximum absolute atomic E-state index is 5.27. The largest absolute Gasteiger partial charge is 0.497 e. The third-order valence-electron chi connectivity index (χ3n) is 3.74. The Morgan fingerprint density at radius 3 is 2.57 bits per heavy atom. The normalized spacial score (nSPS) is 13.6. The Kier molecular flexibility index (Phi) is 3.94. The molecule has 0 unspecified atom stereocenters. The van der Waals surface area contributed by atoms with Gasteiger partial charge in [-0.15, -0.1) is 10.2 Å². The number of aryl methyl sites for hydroxylation is 1. The number of methoxy groups -OCH3 is 2. The molecule has 0 atom stereocenters. The lowest BCUT2D eigenvalue weighted by atomic mass is 10.2. The predicted octanol–water partition coefficient (Wildman–Crippen LogP) is 2.24. The van der Waals surface area contributed by atoms with Crippen LogP contribution in [0, 0.1) is 0 Å². The van der Waals surface area contributed by atoms with Gasteiger partial charge in [-0.05, 0) is 12.8 Å². The van der Waals surface area contributed by atoms with Gasteiger partial charge in [0.05, 0.1) is 20.8 Å². The van der Waals surface area contributed by atoms with Gasteiger partial charge in [0.15, 0.2) is 5.82 Å². The highest BCUT2D eigenvalue weighted by Gasteiger charge is 2.15. The van der Waals surface area contributed by atoms with Gasteiger partial charge in [0.1, 0.15) is 17.3 Å². The zero-order chi connectivity index (χ0) is 14.7. The van der Waals surface area contributed by atoms with Crippen LogP contribution in [0.4, 0.5) is 5.69 Å². The second kappa shape index (κ2) is 6.03. The van der Waals surface area contributed by atoms with Gasteiger partial charge in [-0.1, -0.05) is 0 Å². The first-order valence-corrected chi connectivity index (χ1v) is 7.18. The molecule has 1 aliphatic heterocycles. The zero-order valence-electron chi connectivity index (χ0n) is 12.4. The Morgan fingerprint density at radius 1 is 1.10 bits per heavy atom. The van der Waals surface area contributed by atoms with Crippen molar-refractivity contribution in [3.05, 3.63) is 29.8 Å². The number of rotatable bonds is 5. The molecule has 1 aliphatic rings. The van der Waals surface area contributed by atoms with Gasteiger partial charge in [-0.25, -0.2) is 0 Å². The summed E-state index contributed by atoms with van der Waals surface area (Å²) in [6, 6.07) is 5.73. The SMILES string of the molecule is COc1cc(NCc2nnc3n2CCCC3)cc(OC)c1. The van der Waals surface area contributed by atoms with Gasteiger partial charge in [0.2, 0.25) is 0 Å². The molecule has 2 heterocycles. The molecule has 0 amide bonds. The maximum Gasteiger partial charge on any atom is 0.152 e. The molecule has 0 aliphatic carbocycles. The van der Waals surface area contributed by atoms with Gasteiger partial charge in [0.25, 0.3) is 0 Å². The summed E-state index contributed by atoms with van der Waals surface area (Å²) in [5.74, 6) is 3.60. The predicted molar refractivity (Wildman–Crippen MR) is 79.8 cm³/mol. The van der Waals surface area contributed by atoms with Crippen molar-refractivity contribution < 1.29 is 9.47 Å². The van der Waals surface area contributed by atoms with Crippen LogP contribution in [-0.2, 0) is 19.5 Å². The molecule has 0 saturated heterocycles. The van der Waals surface area contributed by atoms with E-state index in [0.717, 1.165) is 41.8 Å². The molecular formula is C15H20N4O2. The number of ether oxygens (including phenoxy) is 2. The summed E-state index contributed by atoms with van der Waals surface area (Å²) >= 11 is 0. The fourth-order valence-electron chi connectivity index (χ4n) is 2.59. The molecule has 6 nitrogen and oxygen atoms in total. The van der Waals surface area contributed by atoms with Crippen molar-refractivity contribution in [3.63, 3.8) is 0 Å². The Bertz CT molecular complexity index is 602. The van der Waals surface area contributed by atoms with Crippen molar-refractivity contribution in [1.82, 2.24) is 14.8 Å². The molecule has 0 spiro atoms. The molecule has 0 bridgehead atoms. The topological polar surface area (TPSA) is 61.2 Å². The minimum absolute atomic E-state index is 0.642. The van der Waals surface area contributed by atoms with Crippen molar-refractivity contribution in [1.29, 1.82) is 0 Å². The van der Waals surface area contributed by atoms with E-state index in [1.807, 2.05) is 18.2 Å². The van der Waals surface area contributed by atoms with Crippen molar-refractivity contribution in [2.24, 2.45) is 0 Å². The summed E-state index contributed by atoms with van der Waals surface area (Å²) in [6.45, 7) is 1.66. The van der Waals surface area contributed by atoms with Crippen LogP contribution in [0.2, 0.25) is 0 Å². The number of hydrogen-bond acceptors (Lipinski definition) is 5. The molecule has 112 valence electrons. The van der Waals surface area contributed by atoms with Crippen molar-refractivity contribution in [2.75, 3.05) is 19.5 Å². The molecule has 0 fully saturated rings. The molecule has 0 saturated carbocycles. The van der Waals surface area contributed by atoms with E-state index in [4.69, 9.17) is 9.47 Å². The van der Waals surface area contributed by atoms with Crippen LogP contribution < -0.4 is 14.8 Å². The van der Waals surface area contributed by atoms with Gasteiger partial charge in [-0.2, -0.15) is 0 Å². The molecular weight excluding hydrogens is 268 g/mol. The van der Waals surface area contributed by atoms with Gasteiger partial charge in [-0.3, -0.25) is 0 Å². The Morgan fingerprint density at radius 2 is 1.86 bits per heavy atom. The smallest absolute Gasteiger partial charge is 0.152 e. The van der Waals surface area contributed by atoms with Crippen LogP contribution in [0.5, 0.6) is 11.5 Å². The summed E-state index contributed by atoms with van der Waals surface area (Å²) in [6.07, 6.45) is 3.43.